The SMILES string of the molecule is CC(C)C(=O)N1CCN(c2ccc(NC(=O)CSc3nnc(-c4cccc([N+](=O)[O-])c4)o3)cc2)CC1. The quantitative estimate of drug-likeness (QED) is 0.273. The molecule has 188 valence electrons. The van der Waals surface area contributed by atoms with Gasteiger partial charge in [0.05, 0.1) is 10.7 Å². The van der Waals surface area contributed by atoms with E-state index in [0.717, 1.165) is 30.5 Å². The van der Waals surface area contributed by atoms with Crippen LogP contribution in [-0.2, 0) is 9.59 Å². The predicted molar refractivity (Wildman–Crippen MR) is 136 cm³/mol. The molecule has 0 radical (unpaired) electrons. The van der Waals surface area contributed by atoms with E-state index < -0.39 is 4.92 Å². The summed E-state index contributed by atoms with van der Waals surface area (Å²) in [5.41, 5.74) is 2.06. The lowest BCUT2D eigenvalue weighted by Gasteiger charge is -2.37. The van der Waals surface area contributed by atoms with E-state index in [2.05, 4.69) is 20.4 Å². The Morgan fingerprint density at radius 2 is 1.83 bits per heavy atom. The van der Waals surface area contributed by atoms with E-state index >= 15 is 0 Å². The van der Waals surface area contributed by atoms with Gasteiger partial charge < -0.3 is 19.5 Å². The van der Waals surface area contributed by atoms with Crippen molar-refractivity contribution in [3.05, 3.63) is 58.6 Å². The summed E-state index contributed by atoms with van der Waals surface area (Å²) >= 11 is 1.08. The first-order valence-corrected chi connectivity index (χ1v) is 12.4. The number of piperazine rings is 1. The minimum Gasteiger partial charge on any atom is -0.411 e. The molecule has 1 fully saturated rings. The average Bonchev–Trinajstić information content (AvgIpc) is 3.37. The van der Waals surface area contributed by atoms with E-state index in [1.165, 1.54) is 18.2 Å². The lowest BCUT2D eigenvalue weighted by molar-refractivity contribution is -0.384. The highest BCUT2D eigenvalue weighted by molar-refractivity contribution is 7.99. The zero-order valence-electron chi connectivity index (χ0n) is 19.9. The molecule has 3 aromatic rings. The Bertz CT molecular complexity index is 1240. The highest BCUT2D eigenvalue weighted by atomic mass is 32.2. The Labute approximate surface area is 212 Å². The van der Waals surface area contributed by atoms with Crippen LogP contribution in [0.2, 0.25) is 0 Å². The number of amides is 2. The number of nitrogens with zero attached hydrogens (tertiary/aromatic N) is 5. The molecule has 0 saturated carbocycles. The molecule has 2 heterocycles. The van der Waals surface area contributed by atoms with Gasteiger partial charge in [-0.15, -0.1) is 10.2 Å². The van der Waals surface area contributed by atoms with Crippen molar-refractivity contribution in [3.63, 3.8) is 0 Å². The maximum absolute atomic E-state index is 12.4. The second-order valence-electron chi connectivity index (χ2n) is 8.53. The molecular formula is C24H26N6O5S. The van der Waals surface area contributed by atoms with Gasteiger partial charge in [-0.2, -0.15) is 0 Å². The molecule has 4 rings (SSSR count). The fourth-order valence-corrected chi connectivity index (χ4v) is 4.33. The Kier molecular flexibility index (Phi) is 7.84. The summed E-state index contributed by atoms with van der Waals surface area (Å²) in [6.45, 7) is 6.77. The van der Waals surface area contributed by atoms with Crippen molar-refractivity contribution in [1.29, 1.82) is 0 Å². The number of benzene rings is 2. The summed E-state index contributed by atoms with van der Waals surface area (Å²) < 4.78 is 5.53. The van der Waals surface area contributed by atoms with Crippen LogP contribution in [0.5, 0.6) is 0 Å². The van der Waals surface area contributed by atoms with Crippen molar-refractivity contribution in [3.8, 4) is 11.5 Å². The Morgan fingerprint density at radius 1 is 1.11 bits per heavy atom. The van der Waals surface area contributed by atoms with Gasteiger partial charge in [-0.05, 0) is 30.3 Å². The molecule has 0 bridgehead atoms. The normalized spacial score (nSPS) is 13.6. The van der Waals surface area contributed by atoms with Crippen molar-refractivity contribution in [1.82, 2.24) is 15.1 Å². The van der Waals surface area contributed by atoms with E-state index in [1.807, 2.05) is 43.0 Å². The van der Waals surface area contributed by atoms with Gasteiger partial charge in [-0.25, -0.2) is 0 Å². The third-order valence-corrected chi connectivity index (χ3v) is 6.46. The van der Waals surface area contributed by atoms with Crippen molar-refractivity contribution < 1.29 is 18.9 Å². The van der Waals surface area contributed by atoms with Gasteiger partial charge in [0.15, 0.2) is 0 Å². The van der Waals surface area contributed by atoms with Crippen LogP contribution >= 0.6 is 11.8 Å². The molecule has 36 heavy (non-hydrogen) atoms. The lowest BCUT2D eigenvalue weighted by Crippen LogP contribution is -2.49. The molecule has 0 spiro atoms. The van der Waals surface area contributed by atoms with Crippen molar-refractivity contribution in [2.24, 2.45) is 5.92 Å². The number of nitro groups is 1. The minimum atomic E-state index is -0.498. The van der Waals surface area contributed by atoms with Crippen molar-refractivity contribution >= 4 is 40.6 Å². The molecule has 0 aliphatic carbocycles. The zero-order valence-corrected chi connectivity index (χ0v) is 20.7. The van der Waals surface area contributed by atoms with Crippen LogP contribution in [0.1, 0.15) is 13.8 Å². The Balaban J connectivity index is 1.26. The van der Waals surface area contributed by atoms with Gasteiger partial charge in [0.1, 0.15) is 0 Å². The number of rotatable bonds is 8. The summed E-state index contributed by atoms with van der Waals surface area (Å²) in [4.78, 5) is 39.1. The van der Waals surface area contributed by atoms with E-state index in [4.69, 9.17) is 4.42 Å². The van der Waals surface area contributed by atoms with Gasteiger partial charge in [-0.3, -0.25) is 19.7 Å². The molecule has 11 nitrogen and oxygen atoms in total. The van der Waals surface area contributed by atoms with Gasteiger partial charge in [-0.1, -0.05) is 31.7 Å². The molecule has 0 unspecified atom stereocenters. The third kappa shape index (κ3) is 6.19. The maximum atomic E-state index is 12.4. The molecule has 12 heteroatoms. The third-order valence-electron chi connectivity index (χ3n) is 5.64. The summed E-state index contributed by atoms with van der Waals surface area (Å²) in [5.74, 6) is 0.165. The highest BCUT2D eigenvalue weighted by Crippen LogP contribution is 2.26. The molecule has 2 aromatic carbocycles. The standard InChI is InChI=1S/C24H26N6O5S/c1-16(2)23(32)29-12-10-28(11-13-29)19-8-6-18(7-9-19)25-21(31)15-36-24-27-26-22(35-24)17-4-3-5-20(14-17)30(33)34/h3-9,14,16H,10-13,15H2,1-2H3,(H,25,31). The van der Waals surface area contributed by atoms with Crippen LogP contribution < -0.4 is 10.2 Å². The van der Waals surface area contributed by atoms with Gasteiger partial charge in [0.2, 0.25) is 17.7 Å². The number of carbonyl (C=O) groups excluding carboxylic acids is 2. The topological polar surface area (TPSA) is 135 Å². The van der Waals surface area contributed by atoms with Crippen LogP contribution in [-0.4, -0.2) is 63.8 Å². The van der Waals surface area contributed by atoms with E-state index in [1.54, 1.807) is 6.07 Å². The zero-order chi connectivity index (χ0) is 25.7. The first-order valence-electron chi connectivity index (χ1n) is 11.4. The number of hydrogen-bond acceptors (Lipinski definition) is 9. The second kappa shape index (κ2) is 11.2. The monoisotopic (exact) mass is 510 g/mol. The lowest BCUT2D eigenvalue weighted by atomic mass is 10.1. The van der Waals surface area contributed by atoms with Crippen LogP contribution in [0.4, 0.5) is 17.1 Å². The number of hydrogen-bond donors (Lipinski definition) is 1. The van der Waals surface area contributed by atoms with E-state index in [-0.39, 0.29) is 40.3 Å². The fourth-order valence-electron chi connectivity index (χ4n) is 3.77. The molecule has 1 N–H and O–H groups in total. The van der Waals surface area contributed by atoms with Crippen molar-refractivity contribution in [2.45, 2.75) is 19.1 Å². The fraction of sp³-hybridized carbons (Fsp3) is 0.333. The number of non-ortho nitro benzene ring substituents is 1. The van der Waals surface area contributed by atoms with Crippen LogP contribution in [0.25, 0.3) is 11.5 Å². The smallest absolute Gasteiger partial charge is 0.277 e. The largest absolute Gasteiger partial charge is 0.411 e. The highest BCUT2D eigenvalue weighted by Gasteiger charge is 2.23. The van der Waals surface area contributed by atoms with Crippen molar-refractivity contribution in [2.75, 3.05) is 42.1 Å². The van der Waals surface area contributed by atoms with Crippen LogP contribution in [0.15, 0.2) is 58.2 Å². The predicted octanol–water partition coefficient (Wildman–Crippen LogP) is 3.68. The molecule has 2 amide bonds. The van der Waals surface area contributed by atoms with Gasteiger partial charge >= 0.3 is 0 Å². The number of nitrogens with one attached hydrogen (secondary N) is 1. The molecular weight excluding hydrogens is 484 g/mol. The Morgan fingerprint density at radius 3 is 2.50 bits per heavy atom. The average molecular weight is 511 g/mol. The molecule has 1 aliphatic rings. The van der Waals surface area contributed by atoms with Crippen LogP contribution in [0.3, 0.4) is 0 Å². The van der Waals surface area contributed by atoms with Gasteiger partial charge in [0, 0.05) is 61.2 Å². The van der Waals surface area contributed by atoms with E-state index in [0.29, 0.717) is 24.3 Å². The molecule has 1 saturated heterocycles. The Hall–Kier alpha value is -3.93. The van der Waals surface area contributed by atoms with Gasteiger partial charge in [0.25, 0.3) is 10.9 Å². The number of anilines is 2. The van der Waals surface area contributed by atoms with E-state index in [9.17, 15) is 19.7 Å². The van der Waals surface area contributed by atoms with Crippen LogP contribution in [0, 0.1) is 16.0 Å². The summed E-state index contributed by atoms with van der Waals surface area (Å²) in [6, 6.07) is 13.5. The summed E-state index contributed by atoms with van der Waals surface area (Å²) in [7, 11) is 0. The number of aromatic nitrogens is 2. The number of nitro benzene ring substituents is 1. The molecule has 1 aromatic heterocycles. The number of carbonyl (C=O) groups is 2. The number of thioether (sulfide) groups is 1. The first-order chi connectivity index (χ1) is 17.3. The first kappa shape index (κ1) is 25.2. The summed E-state index contributed by atoms with van der Waals surface area (Å²) in [6.07, 6.45) is 0. The second-order valence-corrected chi connectivity index (χ2v) is 9.46. The minimum absolute atomic E-state index is 0.00679. The molecule has 1 aliphatic heterocycles. The maximum Gasteiger partial charge on any atom is 0.277 e. The summed E-state index contributed by atoms with van der Waals surface area (Å²) in [5, 5.41) is 21.8. The molecule has 0 atom stereocenters.